The summed E-state index contributed by atoms with van der Waals surface area (Å²) in [6, 6.07) is 34.2. The minimum absolute atomic E-state index is 1.04. The Labute approximate surface area is 158 Å². The molecule has 0 radical (unpaired) electrons. The van der Waals surface area contributed by atoms with Gasteiger partial charge in [0.05, 0.1) is 5.69 Å². The van der Waals surface area contributed by atoms with E-state index in [1.54, 1.807) is 0 Å². The molecule has 27 heavy (non-hydrogen) atoms. The van der Waals surface area contributed by atoms with Crippen molar-refractivity contribution in [3.63, 3.8) is 0 Å². The van der Waals surface area contributed by atoms with Crippen LogP contribution in [0.15, 0.2) is 97.1 Å². The molecule has 0 fully saturated rings. The molecular formula is C26H19N. The fourth-order valence-electron chi connectivity index (χ4n) is 3.86. The maximum absolute atomic E-state index is 5.05. The van der Waals surface area contributed by atoms with Crippen LogP contribution in [0.2, 0.25) is 0 Å². The monoisotopic (exact) mass is 345 g/mol. The lowest BCUT2D eigenvalue weighted by atomic mass is 9.91. The summed E-state index contributed by atoms with van der Waals surface area (Å²) in [6.45, 7) is 2.11. The van der Waals surface area contributed by atoms with E-state index in [9.17, 15) is 0 Å². The molecule has 5 rings (SSSR count). The Morgan fingerprint density at radius 3 is 1.70 bits per heavy atom. The summed E-state index contributed by atoms with van der Waals surface area (Å²) in [5, 5.41) is 4.98. The molecule has 0 saturated heterocycles. The van der Waals surface area contributed by atoms with E-state index in [1.165, 1.54) is 32.7 Å². The largest absolute Gasteiger partial charge is 0.252 e. The van der Waals surface area contributed by atoms with E-state index in [-0.39, 0.29) is 0 Å². The van der Waals surface area contributed by atoms with Gasteiger partial charge in [-0.05, 0) is 40.8 Å². The fourth-order valence-corrected chi connectivity index (χ4v) is 3.86. The van der Waals surface area contributed by atoms with Crippen molar-refractivity contribution in [1.29, 1.82) is 0 Å². The Morgan fingerprint density at radius 1 is 0.556 bits per heavy atom. The average Bonchev–Trinajstić information content (AvgIpc) is 2.74. The van der Waals surface area contributed by atoms with Gasteiger partial charge in [-0.3, -0.25) is 4.98 Å². The van der Waals surface area contributed by atoms with Crippen LogP contribution in [-0.4, -0.2) is 4.98 Å². The lowest BCUT2D eigenvalue weighted by Crippen LogP contribution is -1.95. The third kappa shape index (κ3) is 2.69. The van der Waals surface area contributed by atoms with Crippen molar-refractivity contribution in [2.24, 2.45) is 0 Å². The first-order valence-electron chi connectivity index (χ1n) is 9.25. The quantitative estimate of drug-likeness (QED) is 0.313. The van der Waals surface area contributed by atoms with Gasteiger partial charge in [-0.15, -0.1) is 0 Å². The minimum Gasteiger partial charge on any atom is -0.252 e. The molecule has 0 aliphatic carbocycles. The molecular weight excluding hydrogens is 326 g/mol. The predicted molar refractivity (Wildman–Crippen MR) is 115 cm³/mol. The molecule has 1 aromatic heterocycles. The van der Waals surface area contributed by atoms with Gasteiger partial charge in [-0.2, -0.15) is 0 Å². The smallest absolute Gasteiger partial charge is 0.0789 e. The molecule has 0 N–H and O–H groups in total. The lowest BCUT2D eigenvalue weighted by Gasteiger charge is -2.16. The molecule has 1 heteroatoms. The number of hydrogen-bond donors (Lipinski definition) is 0. The summed E-state index contributed by atoms with van der Waals surface area (Å²) in [6.07, 6.45) is 0. The standard InChI is InChI=1S/C26H19N/c1-18-23-16-21-14-8-9-15-22(21)17-24(23)25(19-10-4-2-5-11-19)26(27-18)20-12-6-3-7-13-20/h2-17H,1H3. The molecule has 0 saturated carbocycles. The Balaban J connectivity index is 1.96. The number of rotatable bonds is 2. The topological polar surface area (TPSA) is 12.9 Å². The molecule has 0 unspecified atom stereocenters. The predicted octanol–water partition coefficient (Wildman–Crippen LogP) is 7.03. The van der Waals surface area contributed by atoms with Crippen LogP contribution in [0.4, 0.5) is 0 Å². The van der Waals surface area contributed by atoms with Crippen LogP contribution < -0.4 is 0 Å². The second-order valence-electron chi connectivity index (χ2n) is 6.90. The van der Waals surface area contributed by atoms with Gasteiger partial charge in [0.1, 0.15) is 0 Å². The first-order valence-corrected chi connectivity index (χ1v) is 9.25. The summed E-state index contributed by atoms with van der Waals surface area (Å²) in [5.74, 6) is 0. The number of pyridine rings is 1. The highest BCUT2D eigenvalue weighted by Gasteiger charge is 2.16. The molecule has 128 valence electrons. The first kappa shape index (κ1) is 15.8. The molecule has 4 aromatic carbocycles. The van der Waals surface area contributed by atoms with Crippen LogP contribution in [0.25, 0.3) is 43.9 Å². The van der Waals surface area contributed by atoms with Crippen molar-refractivity contribution in [3.05, 3.63) is 103 Å². The second-order valence-corrected chi connectivity index (χ2v) is 6.90. The van der Waals surface area contributed by atoms with E-state index in [4.69, 9.17) is 4.98 Å². The van der Waals surface area contributed by atoms with Gasteiger partial charge in [0.15, 0.2) is 0 Å². The van der Waals surface area contributed by atoms with E-state index in [0.29, 0.717) is 0 Å². The number of hydrogen-bond acceptors (Lipinski definition) is 1. The highest BCUT2D eigenvalue weighted by Crippen LogP contribution is 2.39. The number of aryl methyl sites for hydroxylation is 1. The Morgan fingerprint density at radius 2 is 1.07 bits per heavy atom. The van der Waals surface area contributed by atoms with Crippen LogP contribution in [-0.2, 0) is 0 Å². The van der Waals surface area contributed by atoms with Gasteiger partial charge in [0.25, 0.3) is 0 Å². The molecule has 0 bridgehead atoms. The van der Waals surface area contributed by atoms with Crippen molar-refractivity contribution < 1.29 is 0 Å². The maximum Gasteiger partial charge on any atom is 0.0789 e. The van der Waals surface area contributed by atoms with Gasteiger partial charge in [-0.1, -0.05) is 84.9 Å². The Bertz CT molecular complexity index is 1260. The molecule has 1 nitrogen and oxygen atoms in total. The third-order valence-electron chi connectivity index (χ3n) is 5.17. The van der Waals surface area contributed by atoms with Gasteiger partial charge in [-0.25, -0.2) is 0 Å². The summed E-state index contributed by atoms with van der Waals surface area (Å²) < 4.78 is 0. The van der Waals surface area contributed by atoms with Crippen LogP contribution in [0.1, 0.15) is 5.69 Å². The Hall–Kier alpha value is -3.45. The highest BCUT2D eigenvalue weighted by atomic mass is 14.7. The van der Waals surface area contributed by atoms with Crippen LogP contribution in [0.5, 0.6) is 0 Å². The number of nitrogens with zero attached hydrogens (tertiary/aromatic N) is 1. The lowest BCUT2D eigenvalue weighted by molar-refractivity contribution is 1.24. The van der Waals surface area contributed by atoms with Crippen molar-refractivity contribution in [2.45, 2.75) is 6.92 Å². The molecule has 5 aromatic rings. The fraction of sp³-hybridized carbons (Fsp3) is 0.0385. The van der Waals surface area contributed by atoms with E-state index in [1.807, 2.05) is 6.07 Å². The Kier molecular flexibility index (Phi) is 3.72. The van der Waals surface area contributed by atoms with Crippen LogP contribution in [0, 0.1) is 6.92 Å². The maximum atomic E-state index is 5.05. The summed E-state index contributed by atoms with van der Waals surface area (Å²) in [5.41, 5.74) is 5.66. The molecule has 0 spiro atoms. The normalized spacial score (nSPS) is 11.1. The first-order chi connectivity index (χ1) is 13.3. The van der Waals surface area contributed by atoms with Crippen molar-refractivity contribution in [1.82, 2.24) is 4.98 Å². The highest BCUT2D eigenvalue weighted by molar-refractivity contribution is 6.09. The molecule has 0 atom stereocenters. The minimum atomic E-state index is 1.04. The number of fused-ring (bicyclic) bond motifs is 2. The molecule has 0 aliphatic heterocycles. The summed E-state index contributed by atoms with van der Waals surface area (Å²) in [4.78, 5) is 5.05. The third-order valence-corrected chi connectivity index (χ3v) is 5.17. The van der Waals surface area contributed by atoms with Crippen LogP contribution >= 0.6 is 0 Å². The van der Waals surface area contributed by atoms with Crippen LogP contribution in [0.3, 0.4) is 0 Å². The van der Waals surface area contributed by atoms with Gasteiger partial charge in [0, 0.05) is 22.2 Å². The van der Waals surface area contributed by atoms with Crippen molar-refractivity contribution in [3.8, 4) is 22.4 Å². The van der Waals surface area contributed by atoms with E-state index in [2.05, 4.69) is 97.9 Å². The van der Waals surface area contributed by atoms with Gasteiger partial charge >= 0.3 is 0 Å². The van der Waals surface area contributed by atoms with E-state index in [0.717, 1.165) is 17.0 Å². The van der Waals surface area contributed by atoms with E-state index >= 15 is 0 Å². The zero-order valence-corrected chi connectivity index (χ0v) is 15.2. The number of aromatic nitrogens is 1. The molecule has 1 heterocycles. The summed E-state index contributed by atoms with van der Waals surface area (Å²) >= 11 is 0. The van der Waals surface area contributed by atoms with E-state index < -0.39 is 0 Å². The SMILES string of the molecule is Cc1nc(-c2ccccc2)c(-c2ccccc2)c2cc3ccccc3cc12. The van der Waals surface area contributed by atoms with Gasteiger partial charge in [0.2, 0.25) is 0 Å². The van der Waals surface area contributed by atoms with Gasteiger partial charge < -0.3 is 0 Å². The molecule has 0 amide bonds. The second kappa shape index (κ2) is 6.37. The zero-order valence-electron chi connectivity index (χ0n) is 15.2. The summed E-state index contributed by atoms with van der Waals surface area (Å²) in [7, 11) is 0. The van der Waals surface area contributed by atoms with Crippen molar-refractivity contribution in [2.75, 3.05) is 0 Å². The van der Waals surface area contributed by atoms with Crippen molar-refractivity contribution >= 4 is 21.5 Å². The number of benzene rings is 4. The molecule has 0 aliphatic rings. The average molecular weight is 345 g/mol. The zero-order chi connectivity index (χ0) is 18.2.